The Morgan fingerprint density at radius 2 is 2.00 bits per heavy atom. The second-order valence-corrected chi connectivity index (χ2v) is 7.48. The zero-order valence-corrected chi connectivity index (χ0v) is 12.2. The molecule has 104 valence electrons. The Morgan fingerprint density at radius 1 is 1.28 bits per heavy atom. The van der Waals surface area contributed by atoms with Crippen molar-refractivity contribution in [3.8, 4) is 0 Å². The van der Waals surface area contributed by atoms with E-state index in [4.69, 9.17) is 0 Å². The molecule has 4 nitrogen and oxygen atoms in total. The fraction of sp³-hybridized carbons (Fsp3) is 0.846. The van der Waals surface area contributed by atoms with Gasteiger partial charge >= 0.3 is 0 Å². The molecular weight excluding hydrogens is 248 g/mol. The Balaban J connectivity index is 2.04. The maximum atomic E-state index is 12.2. The summed E-state index contributed by atoms with van der Waals surface area (Å²) >= 11 is 0. The minimum atomic E-state index is -3.07. The molecule has 0 aliphatic carbocycles. The summed E-state index contributed by atoms with van der Waals surface area (Å²) in [6.45, 7) is 6.42. The summed E-state index contributed by atoms with van der Waals surface area (Å²) in [6, 6.07) is 1.01. The van der Waals surface area contributed by atoms with Crippen LogP contribution in [0.4, 0.5) is 0 Å². The summed E-state index contributed by atoms with van der Waals surface area (Å²) in [5.74, 6) is 0.291. The second kappa shape index (κ2) is 5.72. The maximum absolute atomic E-state index is 12.2. The van der Waals surface area contributed by atoms with E-state index in [9.17, 15) is 8.42 Å². The lowest BCUT2D eigenvalue weighted by molar-refractivity contribution is 0.0266. The van der Waals surface area contributed by atoms with Gasteiger partial charge in [-0.1, -0.05) is 25.5 Å². The normalized spacial score (nSPS) is 32.1. The molecule has 0 saturated carbocycles. The van der Waals surface area contributed by atoms with Crippen LogP contribution in [-0.4, -0.2) is 55.1 Å². The van der Waals surface area contributed by atoms with Crippen LogP contribution in [0.2, 0.25) is 0 Å². The van der Waals surface area contributed by atoms with Crippen molar-refractivity contribution in [2.75, 3.05) is 25.4 Å². The lowest BCUT2D eigenvalue weighted by Crippen LogP contribution is -2.59. The number of hydrogen-bond acceptors (Lipinski definition) is 3. The van der Waals surface area contributed by atoms with Crippen molar-refractivity contribution >= 4 is 10.0 Å². The van der Waals surface area contributed by atoms with Crippen LogP contribution in [0.15, 0.2) is 12.2 Å². The molecule has 2 atom stereocenters. The van der Waals surface area contributed by atoms with Crippen molar-refractivity contribution in [1.29, 1.82) is 0 Å². The van der Waals surface area contributed by atoms with Crippen LogP contribution in [-0.2, 0) is 10.0 Å². The summed E-state index contributed by atoms with van der Waals surface area (Å²) in [6.07, 6.45) is 6.89. The first kappa shape index (κ1) is 14.0. The molecule has 18 heavy (non-hydrogen) atoms. The Morgan fingerprint density at radius 3 is 2.67 bits per heavy atom. The smallest absolute Gasteiger partial charge is 0.214 e. The topological polar surface area (TPSA) is 40.6 Å². The fourth-order valence-corrected chi connectivity index (χ4v) is 4.40. The van der Waals surface area contributed by atoms with E-state index in [0.29, 0.717) is 30.9 Å². The molecule has 0 spiro atoms. The first-order valence-electron chi connectivity index (χ1n) is 6.93. The molecule has 1 fully saturated rings. The predicted octanol–water partition coefficient (Wildman–Crippen LogP) is 1.45. The van der Waals surface area contributed by atoms with Gasteiger partial charge in [-0.05, 0) is 19.8 Å². The Kier molecular flexibility index (Phi) is 4.45. The van der Waals surface area contributed by atoms with E-state index >= 15 is 0 Å². The summed E-state index contributed by atoms with van der Waals surface area (Å²) in [7, 11) is -3.07. The van der Waals surface area contributed by atoms with Gasteiger partial charge in [-0.15, -0.1) is 0 Å². The number of fused-ring (bicyclic) bond motifs is 1. The lowest BCUT2D eigenvalue weighted by Gasteiger charge is -2.49. The molecule has 2 heterocycles. The van der Waals surface area contributed by atoms with E-state index in [2.05, 4.69) is 17.9 Å². The van der Waals surface area contributed by atoms with E-state index < -0.39 is 10.0 Å². The molecule has 0 aromatic heterocycles. The Labute approximate surface area is 111 Å². The number of sulfonamides is 1. The van der Waals surface area contributed by atoms with Crippen molar-refractivity contribution in [1.82, 2.24) is 9.21 Å². The third kappa shape index (κ3) is 2.95. The molecule has 2 aliphatic heterocycles. The summed E-state index contributed by atoms with van der Waals surface area (Å²) in [4.78, 5) is 2.39. The Hall–Kier alpha value is -0.390. The highest BCUT2D eigenvalue weighted by molar-refractivity contribution is 7.89. The van der Waals surface area contributed by atoms with Crippen molar-refractivity contribution in [3.05, 3.63) is 12.2 Å². The van der Waals surface area contributed by atoms with Gasteiger partial charge in [0.05, 0.1) is 5.75 Å². The van der Waals surface area contributed by atoms with Crippen molar-refractivity contribution < 1.29 is 8.42 Å². The average Bonchev–Trinajstić information content (AvgIpc) is 2.30. The molecule has 1 saturated heterocycles. The molecule has 0 amide bonds. The first-order valence-corrected chi connectivity index (χ1v) is 8.54. The van der Waals surface area contributed by atoms with Crippen LogP contribution in [0.3, 0.4) is 0 Å². The molecule has 0 bridgehead atoms. The van der Waals surface area contributed by atoms with E-state index in [1.807, 2.05) is 13.0 Å². The van der Waals surface area contributed by atoms with Gasteiger partial charge in [-0.3, -0.25) is 4.90 Å². The van der Waals surface area contributed by atoms with Gasteiger partial charge in [-0.2, -0.15) is 4.31 Å². The van der Waals surface area contributed by atoms with Gasteiger partial charge in [-0.25, -0.2) is 8.42 Å². The third-order valence-electron chi connectivity index (χ3n) is 4.00. The van der Waals surface area contributed by atoms with Crippen LogP contribution in [0.5, 0.6) is 0 Å². The third-order valence-corrected chi connectivity index (χ3v) is 5.89. The van der Waals surface area contributed by atoms with Gasteiger partial charge in [0.1, 0.15) is 0 Å². The number of hydrogen-bond donors (Lipinski definition) is 0. The quantitative estimate of drug-likeness (QED) is 0.727. The van der Waals surface area contributed by atoms with Gasteiger partial charge in [0, 0.05) is 31.7 Å². The van der Waals surface area contributed by atoms with E-state index in [-0.39, 0.29) is 0 Å². The minimum Gasteiger partial charge on any atom is -0.293 e. The fourth-order valence-electron chi connectivity index (χ4n) is 2.78. The molecular formula is C13H24N2O2S. The van der Waals surface area contributed by atoms with Crippen molar-refractivity contribution in [3.63, 3.8) is 0 Å². The minimum absolute atomic E-state index is 0.291. The summed E-state index contributed by atoms with van der Waals surface area (Å²) in [5.41, 5.74) is 0. The molecule has 5 heteroatoms. The Bertz CT molecular complexity index is 405. The highest BCUT2D eigenvalue weighted by Crippen LogP contribution is 2.27. The lowest BCUT2D eigenvalue weighted by atomic mass is 9.93. The largest absolute Gasteiger partial charge is 0.293 e. The van der Waals surface area contributed by atoms with E-state index in [1.165, 1.54) is 0 Å². The van der Waals surface area contributed by atoms with Crippen LogP contribution < -0.4 is 0 Å². The standard InChI is InChI=1S/C13H24N2O2S/c1-3-4-9-18(16,17)14-7-5-6-8-15-12(2)10-13(15)11-14/h5-6,12-13H,3-4,7-11H2,1-2H3/b6-5-/t12-,13-/m1/s1. The zero-order valence-electron chi connectivity index (χ0n) is 11.4. The van der Waals surface area contributed by atoms with Gasteiger partial charge in [0.2, 0.25) is 10.0 Å². The molecule has 2 rings (SSSR count). The van der Waals surface area contributed by atoms with Crippen LogP contribution in [0.25, 0.3) is 0 Å². The zero-order chi connectivity index (χ0) is 13.2. The van der Waals surface area contributed by atoms with Gasteiger partial charge < -0.3 is 0 Å². The molecule has 0 N–H and O–H groups in total. The average molecular weight is 272 g/mol. The first-order chi connectivity index (χ1) is 8.54. The molecule has 0 aromatic rings. The van der Waals surface area contributed by atoms with Crippen LogP contribution in [0.1, 0.15) is 33.1 Å². The van der Waals surface area contributed by atoms with Crippen LogP contribution >= 0.6 is 0 Å². The molecule has 0 unspecified atom stereocenters. The second-order valence-electron chi connectivity index (χ2n) is 5.39. The molecule has 0 aromatic carbocycles. The van der Waals surface area contributed by atoms with E-state index in [0.717, 1.165) is 25.8 Å². The number of rotatable bonds is 4. The van der Waals surface area contributed by atoms with Crippen LogP contribution in [0, 0.1) is 0 Å². The van der Waals surface area contributed by atoms with Gasteiger partial charge in [0.15, 0.2) is 0 Å². The number of nitrogens with zero attached hydrogens (tertiary/aromatic N) is 2. The summed E-state index contributed by atoms with van der Waals surface area (Å²) in [5, 5.41) is 0. The maximum Gasteiger partial charge on any atom is 0.214 e. The highest BCUT2D eigenvalue weighted by Gasteiger charge is 2.37. The number of unbranched alkanes of at least 4 members (excludes halogenated alkanes) is 1. The van der Waals surface area contributed by atoms with Crippen molar-refractivity contribution in [2.45, 2.75) is 45.2 Å². The highest BCUT2D eigenvalue weighted by atomic mass is 32.2. The predicted molar refractivity (Wildman–Crippen MR) is 74.0 cm³/mol. The molecule has 0 radical (unpaired) electrons. The SMILES string of the molecule is CCCCS(=O)(=O)N1C/C=C\CN2[C@H](C[C@H]2C)C1. The van der Waals surface area contributed by atoms with Crippen molar-refractivity contribution in [2.24, 2.45) is 0 Å². The summed E-state index contributed by atoms with van der Waals surface area (Å²) < 4.78 is 26.2. The van der Waals surface area contributed by atoms with E-state index in [1.54, 1.807) is 4.31 Å². The van der Waals surface area contributed by atoms with Gasteiger partial charge in [0.25, 0.3) is 0 Å². The molecule has 2 aliphatic rings. The monoisotopic (exact) mass is 272 g/mol.